The number of carbonyl (C=O) groups excluding carboxylic acids is 1. The maximum atomic E-state index is 13.1. The van der Waals surface area contributed by atoms with Gasteiger partial charge in [-0.05, 0) is 50.3 Å². The number of amides is 1. The Balaban J connectivity index is 1.25. The molecule has 3 aromatic rings. The van der Waals surface area contributed by atoms with Gasteiger partial charge in [-0.25, -0.2) is 9.97 Å². The van der Waals surface area contributed by atoms with Crippen LogP contribution in [-0.2, 0) is 17.4 Å². The summed E-state index contributed by atoms with van der Waals surface area (Å²) in [5, 5.41) is 15.3. The van der Waals surface area contributed by atoms with Crippen LogP contribution in [0.25, 0.3) is 10.9 Å². The smallest absolute Gasteiger partial charge is 0.396 e. The monoisotopic (exact) mass is 522 g/mol. The van der Waals surface area contributed by atoms with Gasteiger partial charge in [-0.3, -0.25) is 14.7 Å². The molecule has 12 heteroatoms. The normalized spacial score (nSPS) is 15.6. The lowest BCUT2D eigenvalue weighted by Gasteiger charge is -2.45. The van der Waals surface area contributed by atoms with Gasteiger partial charge in [0.05, 0.1) is 29.2 Å². The lowest BCUT2D eigenvalue weighted by molar-refractivity contribution is -0.137. The van der Waals surface area contributed by atoms with Crippen LogP contribution >= 0.6 is 11.3 Å². The first-order valence-electron chi connectivity index (χ1n) is 11.9. The minimum absolute atomic E-state index is 0.0106. The van der Waals surface area contributed by atoms with Crippen LogP contribution in [0.15, 0.2) is 36.2 Å². The number of aliphatic hydroxyl groups excluding tert-OH is 1. The first-order chi connectivity index (χ1) is 17.3. The standard InChI is InChI=1S/C24H29F3N6O2S/c25-24(26,27)16-6-7-21-20(9-16)23(31-14-30-21)29-11-22(35)32-17-12-33(13-17)18(4-2-8-34)3-1-5-19-10-28-15-36-19/h6-7,9-10,14-15,17-18,34H,1-5,8,11-13H2,(H,32,35)(H,29,30,31). The van der Waals surface area contributed by atoms with Gasteiger partial charge in [0.1, 0.15) is 12.1 Å². The first-order valence-corrected chi connectivity index (χ1v) is 12.8. The highest BCUT2D eigenvalue weighted by Gasteiger charge is 2.33. The van der Waals surface area contributed by atoms with Gasteiger partial charge in [0.2, 0.25) is 5.91 Å². The van der Waals surface area contributed by atoms with E-state index in [0.29, 0.717) is 11.6 Å². The molecule has 4 rings (SSSR count). The Bertz CT molecular complexity index is 1140. The summed E-state index contributed by atoms with van der Waals surface area (Å²) in [4.78, 5) is 28.2. The van der Waals surface area contributed by atoms with Crippen LogP contribution in [0, 0.1) is 0 Å². The average Bonchev–Trinajstić information content (AvgIpc) is 3.35. The quantitative estimate of drug-likeness (QED) is 0.335. The summed E-state index contributed by atoms with van der Waals surface area (Å²) in [5.74, 6) is -0.0722. The van der Waals surface area contributed by atoms with Crippen molar-refractivity contribution in [2.45, 2.75) is 50.4 Å². The van der Waals surface area contributed by atoms with Crippen LogP contribution in [0.5, 0.6) is 0 Å². The highest BCUT2D eigenvalue weighted by molar-refractivity contribution is 7.09. The van der Waals surface area contributed by atoms with Gasteiger partial charge in [-0.2, -0.15) is 13.2 Å². The molecular weight excluding hydrogens is 493 g/mol. The number of alkyl halides is 3. The van der Waals surface area contributed by atoms with Crippen molar-refractivity contribution < 1.29 is 23.1 Å². The Kier molecular flexibility index (Phi) is 8.70. The number of aryl methyl sites for hydroxylation is 1. The van der Waals surface area contributed by atoms with Crippen molar-refractivity contribution in [2.75, 3.05) is 31.6 Å². The molecular formula is C24H29F3N6O2S. The van der Waals surface area contributed by atoms with Crippen LogP contribution in [0.3, 0.4) is 0 Å². The molecule has 1 aliphatic rings. The van der Waals surface area contributed by atoms with Gasteiger partial charge >= 0.3 is 6.18 Å². The van der Waals surface area contributed by atoms with Crippen LogP contribution in [-0.4, -0.2) is 69.2 Å². The maximum absolute atomic E-state index is 13.1. The summed E-state index contributed by atoms with van der Waals surface area (Å²) < 4.78 is 39.3. The molecule has 0 bridgehead atoms. The fourth-order valence-electron chi connectivity index (χ4n) is 4.43. The van der Waals surface area contributed by atoms with E-state index >= 15 is 0 Å². The molecule has 1 unspecified atom stereocenters. The van der Waals surface area contributed by atoms with Gasteiger partial charge in [0.15, 0.2) is 0 Å². The van der Waals surface area contributed by atoms with Crippen LogP contribution in [0.2, 0.25) is 0 Å². The number of aliphatic hydroxyl groups is 1. The zero-order chi connectivity index (χ0) is 25.5. The third-order valence-electron chi connectivity index (χ3n) is 6.31. The van der Waals surface area contributed by atoms with Crippen molar-refractivity contribution in [3.63, 3.8) is 0 Å². The Morgan fingerprint density at radius 3 is 2.75 bits per heavy atom. The summed E-state index contributed by atoms with van der Waals surface area (Å²) in [5.41, 5.74) is 1.40. The van der Waals surface area contributed by atoms with Crippen LogP contribution < -0.4 is 10.6 Å². The van der Waals surface area contributed by atoms with E-state index < -0.39 is 11.7 Å². The molecule has 8 nitrogen and oxygen atoms in total. The summed E-state index contributed by atoms with van der Waals surface area (Å²) in [6.07, 6.45) is 3.36. The van der Waals surface area contributed by atoms with Crippen molar-refractivity contribution in [1.29, 1.82) is 0 Å². The Morgan fingerprint density at radius 1 is 1.22 bits per heavy atom. The first kappa shape index (κ1) is 26.2. The van der Waals surface area contributed by atoms with Crippen molar-refractivity contribution in [3.8, 4) is 0 Å². The van der Waals surface area contributed by atoms with Crippen molar-refractivity contribution in [2.24, 2.45) is 0 Å². The molecule has 1 atom stereocenters. The van der Waals surface area contributed by atoms with E-state index in [1.807, 2.05) is 11.7 Å². The highest BCUT2D eigenvalue weighted by atomic mass is 32.1. The molecule has 194 valence electrons. The van der Waals surface area contributed by atoms with Gasteiger partial charge in [-0.15, -0.1) is 11.3 Å². The van der Waals surface area contributed by atoms with Crippen LogP contribution in [0.4, 0.5) is 19.0 Å². The summed E-state index contributed by atoms with van der Waals surface area (Å²) in [6, 6.07) is 3.61. The molecule has 2 aromatic heterocycles. The van der Waals surface area contributed by atoms with E-state index in [2.05, 4.69) is 30.5 Å². The van der Waals surface area contributed by atoms with Crippen molar-refractivity contribution in [3.05, 3.63) is 46.7 Å². The SMILES string of the molecule is O=C(CNc1ncnc2ccc(C(F)(F)F)cc12)NC1CN(C(CCCO)CCCc2cncs2)C1. The largest absolute Gasteiger partial charge is 0.416 e. The second-order valence-electron chi connectivity index (χ2n) is 8.90. The van der Waals surface area contributed by atoms with E-state index in [1.54, 1.807) is 11.3 Å². The molecule has 1 amide bonds. The molecule has 3 N–H and O–H groups in total. The minimum Gasteiger partial charge on any atom is -0.396 e. The summed E-state index contributed by atoms with van der Waals surface area (Å²) in [6.45, 7) is 1.51. The Morgan fingerprint density at radius 2 is 2.03 bits per heavy atom. The number of benzene rings is 1. The number of nitrogens with one attached hydrogen (secondary N) is 2. The minimum atomic E-state index is -4.48. The molecule has 1 aliphatic heterocycles. The predicted molar refractivity (Wildman–Crippen MR) is 132 cm³/mol. The molecule has 3 heterocycles. The Labute approximate surface area is 211 Å². The third-order valence-corrected chi connectivity index (χ3v) is 7.15. The highest BCUT2D eigenvalue weighted by Crippen LogP contribution is 2.32. The van der Waals surface area contributed by atoms with E-state index in [4.69, 9.17) is 0 Å². The lowest BCUT2D eigenvalue weighted by atomic mass is 9.97. The third kappa shape index (κ3) is 6.89. The Hall–Kier alpha value is -2.83. The number of rotatable bonds is 12. The predicted octanol–water partition coefficient (Wildman–Crippen LogP) is 3.48. The van der Waals surface area contributed by atoms with Gasteiger partial charge in [-0.1, -0.05) is 0 Å². The molecule has 1 fully saturated rings. The van der Waals surface area contributed by atoms with E-state index in [0.717, 1.165) is 57.3 Å². The summed E-state index contributed by atoms with van der Waals surface area (Å²) in [7, 11) is 0. The zero-order valence-electron chi connectivity index (χ0n) is 19.7. The van der Waals surface area contributed by atoms with E-state index in [9.17, 15) is 23.1 Å². The van der Waals surface area contributed by atoms with Crippen molar-refractivity contribution in [1.82, 2.24) is 25.2 Å². The van der Waals surface area contributed by atoms with Crippen LogP contribution in [0.1, 0.15) is 36.1 Å². The van der Waals surface area contributed by atoms with Gasteiger partial charge in [0, 0.05) is 42.2 Å². The molecule has 36 heavy (non-hydrogen) atoms. The zero-order valence-corrected chi connectivity index (χ0v) is 20.5. The molecule has 0 spiro atoms. The maximum Gasteiger partial charge on any atom is 0.416 e. The second kappa shape index (κ2) is 11.9. The molecule has 0 aliphatic carbocycles. The van der Waals surface area contributed by atoms with E-state index in [-0.39, 0.29) is 36.3 Å². The number of fused-ring (bicyclic) bond motifs is 1. The fourth-order valence-corrected chi connectivity index (χ4v) is 5.07. The number of carbonyl (C=O) groups is 1. The van der Waals surface area contributed by atoms with Gasteiger partial charge in [0.25, 0.3) is 0 Å². The molecule has 0 saturated carbocycles. The second-order valence-corrected chi connectivity index (χ2v) is 9.87. The molecule has 1 saturated heterocycles. The number of hydrogen-bond acceptors (Lipinski definition) is 8. The number of likely N-dealkylation sites (tertiary alicyclic amines) is 1. The number of anilines is 1. The molecule has 1 aromatic carbocycles. The topological polar surface area (TPSA) is 103 Å². The number of halogens is 3. The van der Waals surface area contributed by atoms with Gasteiger partial charge < -0.3 is 15.7 Å². The number of hydrogen-bond donors (Lipinski definition) is 3. The number of nitrogens with zero attached hydrogens (tertiary/aromatic N) is 4. The molecule has 0 radical (unpaired) electrons. The average molecular weight is 523 g/mol. The lowest BCUT2D eigenvalue weighted by Crippen LogP contribution is -2.62. The van der Waals surface area contributed by atoms with Crippen molar-refractivity contribution >= 4 is 34.0 Å². The fraction of sp³-hybridized carbons (Fsp3) is 0.500. The van der Waals surface area contributed by atoms with E-state index in [1.165, 1.54) is 17.3 Å². The number of thiazole rings is 1. The summed E-state index contributed by atoms with van der Waals surface area (Å²) >= 11 is 1.66. The number of aromatic nitrogens is 3.